The highest BCUT2D eigenvalue weighted by Gasteiger charge is 2.20. The highest BCUT2D eigenvalue weighted by molar-refractivity contribution is 5.80. The van der Waals surface area contributed by atoms with Crippen molar-refractivity contribution in [2.45, 2.75) is 45.4 Å². The van der Waals surface area contributed by atoms with E-state index in [9.17, 15) is 14.7 Å². The van der Waals surface area contributed by atoms with Crippen molar-refractivity contribution in [1.82, 2.24) is 19.7 Å². The van der Waals surface area contributed by atoms with Gasteiger partial charge in [0.05, 0.1) is 24.6 Å². The maximum absolute atomic E-state index is 14.2. The number of aryl methyl sites for hydroxylation is 1. The average molecular weight is 565 g/mol. The van der Waals surface area contributed by atoms with Crippen molar-refractivity contribution >= 4 is 0 Å². The first kappa shape index (κ1) is 27.4. The van der Waals surface area contributed by atoms with Gasteiger partial charge in [0.25, 0.3) is 5.56 Å². The second kappa shape index (κ2) is 12.0. The molecule has 1 aliphatic rings. The monoisotopic (exact) mass is 564 g/mol. The van der Waals surface area contributed by atoms with E-state index in [1.807, 2.05) is 66.7 Å². The molecule has 0 saturated heterocycles. The highest BCUT2D eigenvalue weighted by Crippen LogP contribution is 2.31. The van der Waals surface area contributed by atoms with Gasteiger partial charge in [-0.3, -0.25) is 18.9 Å². The summed E-state index contributed by atoms with van der Waals surface area (Å²) >= 11 is 0. The summed E-state index contributed by atoms with van der Waals surface area (Å²) in [5.74, 6) is 1.17. The molecule has 1 aliphatic heterocycles. The lowest BCUT2D eigenvalue weighted by molar-refractivity contribution is 0.295. The van der Waals surface area contributed by atoms with Gasteiger partial charge in [0.1, 0.15) is 11.6 Å². The minimum absolute atomic E-state index is 0.0990. The molecular weight excluding hydrogens is 532 g/mol. The Kier molecular flexibility index (Phi) is 7.83. The molecule has 0 spiro atoms. The van der Waals surface area contributed by atoms with Crippen LogP contribution in [0.5, 0.6) is 5.75 Å². The standard InChI is InChI=1S/C33H32N4O5/c1-2-3-8-28-27(32(39)37(30(34-28)15-17-38)24-13-14-29-23(20-24)16-18-41-29)19-21-9-11-22(12-10-21)25-6-4-5-7-26(25)31-35-33(40)42-36-31/h4-7,9-14,20,38H,2-3,8,15-19H2,1H3,(H,35,36,40). The van der Waals surface area contributed by atoms with E-state index >= 15 is 0 Å². The summed E-state index contributed by atoms with van der Waals surface area (Å²) in [6.45, 7) is 2.65. The number of fused-ring (bicyclic) bond motifs is 1. The lowest BCUT2D eigenvalue weighted by Crippen LogP contribution is -2.30. The van der Waals surface area contributed by atoms with Gasteiger partial charge in [0, 0.05) is 30.4 Å². The van der Waals surface area contributed by atoms with Crippen LogP contribution < -0.4 is 16.1 Å². The number of aliphatic hydroxyl groups excluding tert-OH is 1. The van der Waals surface area contributed by atoms with Crippen LogP contribution in [0.25, 0.3) is 28.2 Å². The predicted molar refractivity (Wildman–Crippen MR) is 159 cm³/mol. The van der Waals surface area contributed by atoms with Crippen molar-refractivity contribution in [3.8, 4) is 34.0 Å². The Bertz CT molecular complexity index is 1830. The molecule has 0 saturated carbocycles. The smallest absolute Gasteiger partial charge is 0.439 e. The zero-order valence-corrected chi connectivity index (χ0v) is 23.4. The minimum atomic E-state index is -0.605. The Morgan fingerprint density at radius 2 is 1.81 bits per heavy atom. The number of ether oxygens (including phenoxy) is 1. The fourth-order valence-electron chi connectivity index (χ4n) is 5.52. The Morgan fingerprint density at radius 1 is 1.00 bits per heavy atom. The summed E-state index contributed by atoms with van der Waals surface area (Å²) < 4.78 is 12.0. The van der Waals surface area contributed by atoms with Gasteiger partial charge in [0.15, 0.2) is 5.82 Å². The van der Waals surface area contributed by atoms with Crippen LogP contribution in [0.15, 0.2) is 80.8 Å². The van der Waals surface area contributed by atoms with Crippen molar-refractivity contribution in [2.75, 3.05) is 13.2 Å². The second-order valence-corrected chi connectivity index (χ2v) is 10.4. The molecule has 214 valence electrons. The molecule has 2 aromatic heterocycles. The first-order valence-electron chi connectivity index (χ1n) is 14.3. The molecular formula is C33H32N4O5. The lowest BCUT2D eigenvalue weighted by atomic mass is 9.96. The van der Waals surface area contributed by atoms with Crippen molar-refractivity contribution in [1.29, 1.82) is 0 Å². The second-order valence-electron chi connectivity index (χ2n) is 10.4. The minimum Gasteiger partial charge on any atom is -0.493 e. The molecule has 9 heteroatoms. The Hall–Kier alpha value is -4.76. The Labute approximate surface area is 242 Å². The van der Waals surface area contributed by atoms with Gasteiger partial charge in [-0.25, -0.2) is 9.78 Å². The van der Waals surface area contributed by atoms with Crippen molar-refractivity contribution in [3.05, 3.63) is 116 Å². The van der Waals surface area contributed by atoms with Crippen molar-refractivity contribution in [2.24, 2.45) is 0 Å². The van der Waals surface area contributed by atoms with Crippen molar-refractivity contribution in [3.63, 3.8) is 0 Å². The van der Waals surface area contributed by atoms with Gasteiger partial charge < -0.3 is 9.84 Å². The molecule has 6 rings (SSSR count). The third kappa shape index (κ3) is 5.43. The number of nitrogens with one attached hydrogen (secondary N) is 1. The Morgan fingerprint density at radius 3 is 2.55 bits per heavy atom. The van der Waals surface area contributed by atoms with Gasteiger partial charge in [-0.15, -0.1) is 0 Å². The zero-order valence-electron chi connectivity index (χ0n) is 23.4. The van der Waals surface area contributed by atoms with Crippen LogP contribution in [0.3, 0.4) is 0 Å². The SMILES string of the molecule is CCCCc1nc(CCO)n(-c2ccc3c(c2)CCO3)c(=O)c1Cc1ccc(-c2ccccc2-c2noc(=O)[nH]2)cc1. The van der Waals surface area contributed by atoms with Gasteiger partial charge in [-0.05, 0) is 53.3 Å². The molecule has 5 aromatic rings. The number of unbranched alkanes of at least 4 members (excludes halogenated alkanes) is 1. The zero-order chi connectivity index (χ0) is 29.1. The fourth-order valence-corrected chi connectivity index (χ4v) is 5.52. The maximum Gasteiger partial charge on any atom is 0.439 e. The van der Waals surface area contributed by atoms with Gasteiger partial charge in [-0.2, -0.15) is 0 Å². The molecule has 0 bridgehead atoms. The summed E-state index contributed by atoms with van der Waals surface area (Å²) in [6.07, 6.45) is 4.10. The first-order chi connectivity index (χ1) is 20.6. The van der Waals surface area contributed by atoms with E-state index in [0.29, 0.717) is 36.7 Å². The number of rotatable bonds is 10. The van der Waals surface area contributed by atoms with Gasteiger partial charge >= 0.3 is 5.76 Å². The number of hydrogen-bond donors (Lipinski definition) is 2. The van der Waals surface area contributed by atoms with E-state index in [-0.39, 0.29) is 18.6 Å². The number of H-pyrrole nitrogens is 1. The fraction of sp³-hybridized carbons (Fsp3) is 0.273. The number of benzene rings is 3. The molecule has 3 aromatic carbocycles. The maximum atomic E-state index is 14.2. The van der Waals surface area contributed by atoms with Crippen LogP contribution in [0, 0.1) is 0 Å². The average Bonchev–Trinajstić information content (AvgIpc) is 3.67. The molecule has 3 heterocycles. The van der Waals surface area contributed by atoms with E-state index in [1.165, 1.54) is 0 Å². The first-order valence-corrected chi connectivity index (χ1v) is 14.3. The summed E-state index contributed by atoms with van der Waals surface area (Å²) in [5.41, 5.74) is 6.72. The third-order valence-corrected chi connectivity index (χ3v) is 7.63. The van der Waals surface area contributed by atoms with Crippen LogP contribution in [0.4, 0.5) is 0 Å². The molecule has 0 radical (unpaired) electrons. The molecule has 42 heavy (non-hydrogen) atoms. The largest absolute Gasteiger partial charge is 0.493 e. The number of aliphatic hydroxyl groups is 1. The summed E-state index contributed by atoms with van der Waals surface area (Å²) in [6, 6.07) is 21.5. The van der Waals surface area contributed by atoms with E-state index in [0.717, 1.165) is 64.2 Å². The number of hydrogen-bond acceptors (Lipinski definition) is 7. The quantitative estimate of drug-likeness (QED) is 0.253. The van der Waals surface area contributed by atoms with Crippen LogP contribution in [-0.2, 0) is 25.7 Å². The van der Waals surface area contributed by atoms with Crippen LogP contribution >= 0.6 is 0 Å². The van der Waals surface area contributed by atoms with Crippen LogP contribution in [-0.4, -0.2) is 38.0 Å². The van der Waals surface area contributed by atoms with E-state index in [2.05, 4.69) is 17.1 Å². The summed E-state index contributed by atoms with van der Waals surface area (Å²) in [5, 5.41) is 13.7. The Balaban J connectivity index is 1.39. The highest BCUT2D eigenvalue weighted by atomic mass is 16.5. The van der Waals surface area contributed by atoms with Crippen molar-refractivity contribution < 1.29 is 14.4 Å². The molecule has 0 fully saturated rings. The number of aromatic nitrogens is 4. The topological polar surface area (TPSA) is 123 Å². The summed E-state index contributed by atoms with van der Waals surface area (Å²) in [7, 11) is 0. The number of aromatic amines is 1. The van der Waals surface area contributed by atoms with Crippen LogP contribution in [0.1, 0.15) is 48.0 Å². The molecule has 0 unspecified atom stereocenters. The molecule has 2 N–H and O–H groups in total. The molecule has 0 atom stereocenters. The van der Waals surface area contributed by atoms with E-state index < -0.39 is 5.76 Å². The molecule has 0 amide bonds. The van der Waals surface area contributed by atoms with Gasteiger partial charge in [-0.1, -0.05) is 67.0 Å². The number of nitrogens with zero attached hydrogens (tertiary/aromatic N) is 3. The third-order valence-electron chi connectivity index (χ3n) is 7.63. The molecule has 0 aliphatic carbocycles. The molecule has 9 nitrogen and oxygen atoms in total. The van der Waals surface area contributed by atoms with E-state index in [1.54, 1.807) is 4.57 Å². The van der Waals surface area contributed by atoms with Gasteiger partial charge in [0.2, 0.25) is 0 Å². The van der Waals surface area contributed by atoms with Crippen LogP contribution in [0.2, 0.25) is 0 Å². The van der Waals surface area contributed by atoms with E-state index in [4.69, 9.17) is 14.2 Å². The predicted octanol–water partition coefficient (Wildman–Crippen LogP) is 4.65. The normalized spacial score (nSPS) is 12.3. The summed E-state index contributed by atoms with van der Waals surface area (Å²) in [4.78, 5) is 33.3. The lowest BCUT2D eigenvalue weighted by Gasteiger charge is -2.18.